The quantitative estimate of drug-likeness (QED) is 0.487. The van der Waals surface area contributed by atoms with Gasteiger partial charge in [0.15, 0.2) is 0 Å². The zero-order chi connectivity index (χ0) is 12.6. The molecule has 0 aliphatic heterocycles. The molecule has 0 amide bonds. The van der Waals surface area contributed by atoms with Crippen LogP contribution in [0.4, 0.5) is 0 Å². The number of rotatable bonds is 0. The van der Waals surface area contributed by atoms with E-state index in [2.05, 4.69) is 27.7 Å². The highest BCUT2D eigenvalue weighted by Crippen LogP contribution is 2.52. The van der Waals surface area contributed by atoms with Crippen LogP contribution in [0.1, 0.15) is 91.9 Å². The lowest BCUT2D eigenvalue weighted by Gasteiger charge is -2.47. The standard InChI is InChI=1S/C17H32/c1-15(2)10-12-16(3)8-6-5-7-9-17(4,14-16)13-11-15/h5-14H2,1-4H3. The van der Waals surface area contributed by atoms with Crippen molar-refractivity contribution in [1.82, 2.24) is 0 Å². The predicted molar refractivity (Wildman–Crippen MR) is 76.2 cm³/mol. The van der Waals surface area contributed by atoms with E-state index in [0.717, 1.165) is 0 Å². The Kier molecular flexibility index (Phi) is 3.63. The van der Waals surface area contributed by atoms with Gasteiger partial charge in [0.25, 0.3) is 0 Å². The van der Waals surface area contributed by atoms with Gasteiger partial charge in [-0.3, -0.25) is 0 Å². The van der Waals surface area contributed by atoms with Crippen molar-refractivity contribution in [2.75, 3.05) is 0 Å². The Morgan fingerprint density at radius 1 is 0.529 bits per heavy atom. The van der Waals surface area contributed by atoms with Crippen LogP contribution in [-0.4, -0.2) is 0 Å². The third-order valence-corrected chi connectivity index (χ3v) is 5.72. The summed E-state index contributed by atoms with van der Waals surface area (Å²) in [6.07, 6.45) is 14.7. The van der Waals surface area contributed by atoms with Crippen molar-refractivity contribution in [3.8, 4) is 0 Å². The summed E-state index contributed by atoms with van der Waals surface area (Å²) in [6, 6.07) is 0. The minimum absolute atomic E-state index is 0.585. The Hall–Kier alpha value is 0. The van der Waals surface area contributed by atoms with E-state index in [0.29, 0.717) is 16.2 Å². The second-order valence-electron chi connectivity index (χ2n) is 8.52. The second-order valence-corrected chi connectivity index (χ2v) is 8.52. The van der Waals surface area contributed by atoms with Gasteiger partial charge in [-0.25, -0.2) is 0 Å². The molecule has 2 rings (SSSR count). The van der Waals surface area contributed by atoms with Crippen molar-refractivity contribution >= 4 is 0 Å². The first kappa shape index (κ1) is 13.4. The summed E-state index contributed by atoms with van der Waals surface area (Å²) < 4.78 is 0. The Bertz CT molecular complexity index is 241. The summed E-state index contributed by atoms with van der Waals surface area (Å²) in [4.78, 5) is 0. The van der Waals surface area contributed by atoms with E-state index in [1.807, 2.05) is 0 Å². The molecule has 2 aliphatic rings. The van der Waals surface area contributed by atoms with E-state index >= 15 is 0 Å². The molecule has 0 aromatic carbocycles. The molecule has 2 atom stereocenters. The third kappa shape index (κ3) is 3.48. The lowest BCUT2D eigenvalue weighted by Crippen LogP contribution is -2.34. The Balaban J connectivity index is 2.19. The second kappa shape index (κ2) is 4.59. The summed E-state index contributed by atoms with van der Waals surface area (Å²) >= 11 is 0. The van der Waals surface area contributed by atoms with E-state index in [-0.39, 0.29) is 0 Å². The van der Waals surface area contributed by atoms with Gasteiger partial charge in [-0.2, -0.15) is 0 Å². The molecular weight excluding hydrogens is 204 g/mol. The first-order valence-electron chi connectivity index (χ1n) is 7.83. The first-order chi connectivity index (χ1) is 7.83. The fourth-order valence-electron chi connectivity index (χ4n) is 4.32. The van der Waals surface area contributed by atoms with E-state index in [9.17, 15) is 0 Å². The van der Waals surface area contributed by atoms with E-state index in [4.69, 9.17) is 0 Å². The van der Waals surface area contributed by atoms with Gasteiger partial charge in [0.05, 0.1) is 0 Å². The summed E-state index contributed by atoms with van der Waals surface area (Å²) in [6.45, 7) is 10.1. The van der Waals surface area contributed by atoms with Crippen LogP contribution in [0.25, 0.3) is 0 Å². The van der Waals surface area contributed by atoms with Gasteiger partial charge in [-0.05, 0) is 61.2 Å². The molecule has 100 valence electrons. The van der Waals surface area contributed by atoms with Gasteiger partial charge >= 0.3 is 0 Å². The van der Waals surface area contributed by atoms with Crippen LogP contribution >= 0.6 is 0 Å². The van der Waals surface area contributed by atoms with Gasteiger partial charge in [-0.15, -0.1) is 0 Å². The molecular formula is C17H32. The monoisotopic (exact) mass is 236 g/mol. The maximum Gasteiger partial charge on any atom is -0.0320 e. The molecule has 2 saturated carbocycles. The molecule has 2 unspecified atom stereocenters. The van der Waals surface area contributed by atoms with E-state index in [1.54, 1.807) is 0 Å². The van der Waals surface area contributed by atoms with E-state index in [1.165, 1.54) is 64.2 Å². The molecule has 2 fully saturated rings. The molecule has 2 bridgehead atoms. The molecule has 0 heteroatoms. The van der Waals surface area contributed by atoms with Crippen molar-refractivity contribution in [3.05, 3.63) is 0 Å². The highest BCUT2D eigenvalue weighted by molar-refractivity contribution is 4.91. The van der Waals surface area contributed by atoms with Crippen molar-refractivity contribution in [1.29, 1.82) is 0 Å². The summed E-state index contributed by atoms with van der Waals surface area (Å²) in [7, 11) is 0. The van der Waals surface area contributed by atoms with E-state index < -0.39 is 0 Å². The molecule has 0 aromatic heterocycles. The lowest BCUT2D eigenvalue weighted by atomic mass is 9.59. The molecule has 0 saturated heterocycles. The predicted octanol–water partition coefficient (Wildman–Crippen LogP) is 5.95. The minimum Gasteiger partial charge on any atom is -0.0599 e. The van der Waals surface area contributed by atoms with Crippen LogP contribution in [0.2, 0.25) is 0 Å². The summed E-state index contributed by atoms with van der Waals surface area (Å²) in [5.74, 6) is 0. The molecule has 0 nitrogen and oxygen atoms in total. The van der Waals surface area contributed by atoms with Crippen LogP contribution in [-0.2, 0) is 0 Å². The van der Waals surface area contributed by atoms with Crippen LogP contribution < -0.4 is 0 Å². The smallest absolute Gasteiger partial charge is 0.0320 e. The fourth-order valence-corrected chi connectivity index (χ4v) is 4.32. The van der Waals surface area contributed by atoms with Gasteiger partial charge in [-0.1, -0.05) is 47.0 Å². The molecule has 0 heterocycles. The SMILES string of the molecule is CC1(C)CCC2(C)CCCCCC(C)(CC1)C2. The number of hydrogen-bond donors (Lipinski definition) is 0. The zero-order valence-electron chi connectivity index (χ0n) is 12.6. The number of fused-ring (bicyclic) bond motifs is 2. The lowest BCUT2D eigenvalue weighted by molar-refractivity contribution is 0.0493. The fraction of sp³-hybridized carbons (Fsp3) is 1.00. The highest BCUT2D eigenvalue weighted by atomic mass is 14.4. The summed E-state index contributed by atoms with van der Waals surface area (Å²) in [5.41, 5.74) is 1.88. The van der Waals surface area contributed by atoms with Gasteiger partial charge in [0.2, 0.25) is 0 Å². The van der Waals surface area contributed by atoms with Crippen LogP contribution in [0.5, 0.6) is 0 Å². The zero-order valence-corrected chi connectivity index (χ0v) is 12.6. The van der Waals surface area contributed by atoms with Crippen molar-refractivity contribution in [2.24, 2.45) is 16.2 Å². The Labute approximate surface area is 109 Å². The van der Waals surface area contributed by atoms with Crippen molar-refractivity contribution in [3.63, 3.8) is 0 Å². The largest absolute Gasteiger partial charge is 0.0599 e. The van der Waals surface area contributed by atoms with Crippen LogP contribution in [0, 0.1) is 16.2 Å². The van der Waals surface area contributed by atoms with Crippen LogP contribution in [0.15, 0.2) is 0 Å². The molecule has 0 N–H and O–H groups in total. The maximum absolute atomic E-state index is 2.58. The van der Waals surface area contributed by atoms with Crippen molar-refractivity contribution in [2.45, 2.75) is 91.9 Å². The number of hydrogen-bond acceptors (Lipinski definition) is 0. The summed E-state index contributed by atoms with van der Waals surface area (Å²) in [5, 5.41) is 0. The van der Waals surface area contributed by atoms with Crippen molar-refractivity contribution < 1.29 is 0 Å². The molecule has 17 heavy (non-hydrogen) atoms. The molecule has 2 aliphatic carbocycles. The topological polar surface area (TPSA) is 0 Å². The minimum atomic E-state index is 0.585. The maximum atomic E-state index is 2.58. The molecule has 0 radical (unpaired) electrons. The molecule has 0 spiro atoms. The van der Waals surface area contributed by atoms with Crippen LogP contribution in [0.3, 0.4) is 0 Å². The molecule has 0 aromatic rings. The van der Waals surface area contributed by atoms with Gasteiger partial charge in [0.1, 0.15) is 0 Å². The Morgan fingerprint density at radius 2 is 1.00 bits per heavy atom. The average Bonchev–Trinajstić information content (AvgIpc) is 2.21. The third-order valence-electron chi connectivity index (χ3n) is 5.72. The van der Waals surface area contributed by atoms with Gasteiger partial charge < -0.3 is 0 Å². The Morgan fingerprint density at radius 3 is 1.47 bits per heavy atom. The first-order valence-corrected chi connectivity index (χ1v) is 7.83. The average molecular weight is 236 g/mol. The normalized spacial score (nSPS) is 43.1. The highest BCUT2D eigenvalue weighted by Gasteiger charge is 2.40. The van der Waals surface area contributed by atoms with Gasteiger partial charge in [0, 0.05) is 0 Å².